The van der Waals surface area contributed by atoms with Crippen LogP contribution in [0.25, 0.3) is 0 Å². The van der Waals surface area contributed by atoms with E-state index in [0.29, 0.717) is 17.0 Å². The Morgan fingerprint density at radius 3 is 2.63 bits per heavy atom. The quantitative estimate of drug-likeness (QED) is 0.421. The Morgan fingerprint density at radius 2 is 1.95 bits per heavy atom. The molecule has 2 N–H and O–H groups in total. The number of amides is 2. The fourth-order valence-corrected chi connectivity index (χ4v) is 1.55. The van der Waals surface area contributed by atoms with Crippen LogP contribution < -0.4 is 10.6 Å². The maximum atomic E-state index is 11.8. The molecule has 0 spiro atoms. The van der Waals surface area contributed by atoms with Crippen molar-refractivity contribution in [2.75, 3.05) is 19.7 Å². The van der Waals surface area contributed by atoms with E-state index < -0.39 is 6.09 Å². The molecular weight excluding hydrogens is 264 g/mol. The highest BCUT2D eigenvalue weighted by molar-refractivity contribution is 7.80. The van der Waals surface area contributed by atoms with Crippen LogP contribution in [0.3, 0.4) is 0 Å². The minimum Gasteiger partial charge on any atom is -0.445 e. The second-order valence-electron chi connectivity index (χ2n) is 3.59. The van der Waals surface area contributed by atoms with E-state index in [1.54, 1.807) is 24.3 Å². The minimum absolute atomic E-state index is 0.158. The van der Waals surface area contributed by atoms with E-state index >= 15 is 0 Å². The van der Waals surface area contributed by atoms with Crippen LogP contribution in [0.1, 0.15) is 10.4 Å². The summed E-state index contributed by atoms with van der Waals surface area (Å²) in [5, 5.41) is 5.17. The van der Waals surface area contributed by atoms with Crippen molar-refractivity contribution >= 4 is 24.6 Å². The number of carbonyl (C=O) groups excluding carboxylic acids is 2. The molecule has 0 bridgehead atoms. The van der Waals surface area contributed by atoms with Gasteiger partial charge in [-0.1, -0.05) is 24.8 Å². The molecule has 1 aromatic carbocycles. The average Bonchev–Trinajstić information content (AvgIpc) is 2.41. The highest BCUT2D eigenvalue weighted by Crippen LogP contribution is 2.12. The summed E-state index contributed by atoms with van der Waals surface area (Å²) >= 11 is 4.19. The second-order valence-corrected chi connectivity index (χ2v) is 4.07. The highest BCUT2D eigenvalue weighted by Gasteiger charge is 2.07. The molecule has 0 aliphatic carbocycles. The molecule has 0 unspecified atom stereocenters. The maximum Gasteiger partial charge on any atom is 0.407 e. The van der Waals surface area contributed by atoms with Gasteiger partial charge >= 0.3 is 6.09 Å². The summed E-state index contributed by atoms with van der Waals surface area (Å²) in [7, 11) is 0. The molecule has 0 fully saturated rings. The summed E-state index contributed by atoms with van der Waals surface area (Å²) in [5.74, 6) is -0.230. The van der Waals surface area contributed by atoms with Crippen molar-refractivity contribution < 1.29 is 14.3 Å². The summed E-state index contributed by atoms with van der Waals surface area (Å²) in [6, 6.07) is 6.99. The lowest BCUT2D eigenvalue weighted by Gasteiger charge is -2.08. The molecule has 1 aromatic rings. The number of nitrogens with one attached hydrogen (secondary N) is 2. The van der Waals surface area contributed by atoms with E-state index in [4.69, 9.17) is 4.74 Å². The van der Waals surface area contributed by atoms with Crippen molar-refractivity contribution in [2.45, 2.75) is 4.90 Å². The monoisotopic (exact) mass is 280 g/mol. The lowest BCUT2D eigenvalue weighted by Crippen LogP contribution is -2.35. The number of thiol groups is 1. The van der Waals surface area contributed by atoms with E-state index in [9.17, 15) is 9.59 Å². The molecule has 0 saturated carbocycles. The van der Waals surface area contributed by atoms with Gasteiger partial charge in [0.1, 0.15) is 6.61 Å². The van der Waals surface area contributed by atoms with E-state index in [1.807, 2.05) is 0 Å². The van der Waals surface area contributed by atoms with E-state index in [1.165, 1.54) is 6.08 Å². The normalized spacial score (nSPS) is 9.53. The predicted octanol–water partition coefficient (Wildman–Crippen LogP) is 1.62. The molecular formula is C13H16N2O3S. The number of rotatable bonds is 6. The van der Waals surface area contributed by atoms with Gasteiger partial charge in [-0.15, -0.1) is 12.6 Å². The van der Waals surface area contributed by atoms with Crippen molar-refractivity contribution in [3.63, 3.8) is 0 Å². The molecule has 2 amide bonds. The summed E-state index contributed by atoms with van der Waals surface area (Å²) in [4.78, 5) is 23.4. The van der Waals surface area contributed by atoms with Crippen LogP contribution in [-0.2, 0) is 4.74 Å². The highest BCUT2D eigenvalue weighted by atomic mass is 32.1. The number of hydrogen-bond donors (Lipinski definition) is 3. The third-order valence-electron chi connectivity index (χ3n) is 2.16. The Morgan fingerprint density at radius 1 is 1.26 bits per heavy atom. The van der Waals surface area contributed by atoms with Gasteiger partial charge in [0.15, 0.2) is 0 Å². The fraction of sp³-hybridized carbons (Fsp3) is 0.231. The Hall–Kier alpha value is -1.95. The van der Waals surface area contributed by atoms with Gasteiger partial charge in [0.05, 0.1) is 5.56 Å². The first-order valence-corrected chi connectivity index (χ1v) is 6.17. The largest absolute Gasteiger partial charge is 0.445 e. The maximum absolute atomic E-state index is 11.8. The van der Waals surface area contributed by atoms with Crippen LogP contribution in [0.5, 0.6) is 0 Å². The average molecular weight is 280 g/mol. The molecule has 0 aliphatic heterocycles. The Kier molecular flexibility index (Phi) is 6.52. The Bertz CT molecular complexity index is 463. The first-order valence-electron chi connectivity index (χ1n) is 5.73. The van der Waals surface area contributed by atoms with Crippen molar-refractivity contribution in [3.05, 3.63) is 42.5 Å². The van der Waals surface area contributed by atoms with E-state index in [2.05, 4.69) is 29.8 Å². The molecule has 19 heavy (non-hydrogen) atoms. The van der Waals surface area contributed by atoms with Gasteiger partial charge in [0, 0.05) is 18.0 Å². The number of alkyl carbamates (subject to hydrolysis) is 1. The molecule has 0 saturated heterocycles. The topological polar surface area (TPSA) is 67.4 Å². The molecule has 1 rings (SSSR count). The molecule has 0 heterocycles. The first kappa shape index (κ1) is 15.1. The SMILES string of the molecule is C=CCOC(=O)NCCNC(=O)c1ccccc1S. The molecule has 0 aromatic heterocycles. The van der Waals surface area contributed by atoms with E-state index in [-0.39, 0.29) is 19.1 Å². The van der Waals surface area contributed by atoms with Crippen LogP contribution in [0, 0.1) is 0 Å². The van der Waals surface area contributed by atoms with Gasteiger partial charge in [-0.3, -0.25) is 4.79 Å². The third-order valence-corrected chi connectivity index (χ3v) is 2.55. The van der Waals surface area contributed by atoms with Gasteiger partial charge < -0.3 is 15.4 Å². The van der Waals surface area contributed by atoms with Gasteiger partial charge in [0.25, 0.3) is 5.91 Å². The van der Waals surface area contributed by atoms with Crippen LogP contribution >= 0.6 is 12.6 Å². The molecule has 0 radical (unpaired) electrons. The van der Waals surface area contributed by atoms with Gasteiger partial charge in [0.2, 0.25) is 0 Å². The smallest absolute Gasteiger partial charge is 0.407 e. The standard InChI is InChI=1S/C13H16N2O3S/c1-2-9-18-13(17)15-8-7-14-12(16)10-5-3-4-6-11(10)19/h2-6,19H,1,7-9H2,(H,14,16)(H,15,17). The van der Waals surface area contributed by atoms with Gasteiger partial charge in [-0.25, -0.2) is 4.79 Å². The van der Waals surface area contributed by atoms with Crippen LogP contribution in [0.4, 0.5) is 4.79 Å². The zero-order valence-electron chi connectivity index (χ0n) is 10.4. The fourth-order valence-electron chi connectivity index (χ4n) is 1.29. The number of ether oxygens (including phenoxy) is 1. The zero-order chi connectivity index (χ0) is 14.1. The number of carbonyl (C=O) groups is 2. The van der Waals surface area contributed by atoms with Crippen LogP contribution in [0.2, 0.25) is 0 Å². The summed E-state index contributed by atoms with van der Waals surface area (Å²) in [6.45, 7) is 4.18. The zero-order valence-corrected chi connectivity index (χ0v) is 11.3. The lowest BCUT2D eigenvalue weighted by molar-refractivity contribution is 0.0949. The Labute approximate surface area is 117 Å². The molecule has 102 valence electrons. The van der Waals surface area contributed by atoms with Crippen LogP contribution in [-0.4, -0.2) is 31.7 Å². The molecule has 0 atom stereocenters. The second kappa shape index (κ2) is 8.20. The molecule has 5 nitrogen and oxygen atoms in total. The third kappa shape index (κ3) is 5.48. The lowest BCUT2D eigenvalue weighted by atomic mass is 10.2. The summed E-state index contributed by atoms with van der Waals surface area (Å²) < 4.78 is 4.71. The predicted molar refractivity (Wildman–Crippen MR) is 75.6 cm³/mol. The van der Waals surface area contributed by atoms with Crippen molar-refractivity contribution in [1.82, 2.24) is 10.6 Å². The van der Waals surface area contributed by atoms with Gasteiger partial charge in [-0.2, -0.15) is 0 Å². The number of benzene rings is 1. The van der Waals surface area contributed by atoms with Crippen molar-refractivity contribution in [1.29, 1.82) is 0 Å². The summed E-state index contributed by atoms with van der Waals surface area (Å²) in [5.41, 5.74) is 0.500. The molecule has 0 aliphatic rings. The Balaban J connectivity index is 2.26. The first-order chi connectivity index (χ1) is 9.15. The van der Waals surface area contributed by atoms with Crippen molar-refractivity contribution in [3.8, 4) is 0 Å². The summed E-state index contributed by atoms with van der Waals surface area (Å²) in [6.07, 6.45) is 0.939. The molecule has 6 heteroatoms. The van der Waals surface area contributed by atoms with E-state index in [0.717, 1.165) is 0 Å². The minimum atomic E-state index is -0.538. The number of hydrogen-bond acceptors (Lipinski definition) is 4. The van der Waals surface area contributed by atoms with Crippen LogP contribution in [0.15, 0.2) is 41.8 Å². The van der Waals surface area contributed by atoms with Crippen molar-refractivity contribution in [2.24, 2.45) is 0 Å². The van der Waals surface area contributed by atoms with Gasteiger partial charge in [-0.05, 0) is 12.1 Å².